The summed E-state index contributed by atoms with van der Waals surface area (Å²) in [5, 5.41) is 15.1. The topological polar surface area (TPSA) is 72.0 Å². The van der Waals surface area contributed by atoms with Crippen LogP contribution in [-0.4, -0.2) is 21.7 Å². The van der Waals surface area contributed by atoms with E-state index >= 15 is 0 Å². The summed E-state index contributed by atoms with van der Waals surface area (Å²) in [6, 6.07) is 15.3. The number of aromatic nitrogens is 3. The van der Waals surface area contributed by atoms with Crippen LogP contribution < -0.4 is 15.4 Å². The van der Waals surface area contributed by atoms with E-state index in [-0.39, 0.29) is 0 Å². The molecule has 0 unspecified atom stereocenters. The van der Waals surface area contributed by atoms with Crippen molar-refractivity contribution in [2.45, 2.75) is 20.5 Å². The van der Waals surface area contributed by atoms with Crippen molar-refractivity contribution in [3.05, 3.63) is 65.3 Å². The van der Waals surface area contributed by atoms with Crippen LogP contribution in [0.1, 0.15) is 19.4 Å². The average molecular weight is 384 g/mol. The highest BCUT2D eigenvalue weighted by Gasteiger charge is 2.03. The van der Waals surface area contributed by atoms with Crippen molar-refractivity contribution in [1.82, 2.24) is 15.2 Å². The van der Waals surface area contributed by atoms with Gasteiger partial charge in [-0.3, -0.25) is 0 Å². The number of anilines is 3. The summed E-state index contributed by atoms with van der Waals surface area (Å²) in [4.78, 5) is 4.41. The minimum atomic E-state index is 0.491. The molecule has 0 aliphatic rings. The Morgan fingerprint density at radius 1 is 1.04 bits per heavy atom. The second-order valence-electron chi connectivity index (χ2n) is 6.50. The highest BCUT2D eigenvalue weighted by atomic mass is 35.5. The highest BCUT2D eigenvalue weighted by Crippen LogP contribution is 2.20. The van der Waals surface area contributed by atoms with Crippen LogP contribution >= 0.6 is 11.6 Å². The van der Waals surface area contributed by atoms with Gasteiger partial charge in [-0.25, -0.2) is 0 Å². The number of halogens is 1. The molecule has 0 spiro atoms. The molecule has 0 aliphatic carbocycles. The summed E-state index contributed by atoms with van der Waals surface area (Å²) in [5.41, 5.74) is 1.96. The van der Waals surface area contributed by atoms with Crippen molar-refractivity contribution in [3.8, 4) is 5.75 Å². The third-order valence-electron chi connectivity index (χ3n) is 3.67. The van der Waals surface area contributed by atoms with Gasteiger partial charge in [-0.2, -0.15) is 10.1 Å². The molecular formula is C20H22ClN5O. The second-order valence-corrected chi connectivity index (χ2v) is 6.94. The van der Waals surface area contributed by atoms with Crippen molar-refractivity contribution in [1.29, 1.82) is 0 Å². The fourth-order valence-corrected chi connectivity index (χ4v) is 2.39. The van der Waals surface area contributed by atoms with Gasteiger partial charge >= 0.3 is 0 Å². The molecule has 3 aromatic rings. The Kier molecular flexibility index (Phi) is 6.44. The van der Waals surface area contributed by atoms with Crippen LogP contribution in [0.15, 0.2) is 54.7 Å². The van der Waals surface area contributed by atoms with E-state index in [0.29, 0.717) is 24.3 Å². The van der Waals surface area contributed by atoms with Crippen LogP contribution in [0.2, 0.25) is 5.02 Å². The number of ether oxygens (including phenoxy) is 1. The molecule has 0 saturated carbocycles. The van der Waals surface area contributed by atoms with Gasteiger partial charge in [0, 0.05) is 17.3 Å². The van der Waals surface area contributed by atoms with Crippen molar-refractivity contribution in [2.24, 2.45) is 5.92 Å². The van der Waals surface area contributed by atoms with Gasteiger partial charge in [-0.1, -0.05) is 37.6 Å². The molecule has 3 rings (SSSR count). The summed E-state index contributed by atoms with van der Waals surface area (Å²) in [6.45, 7) is 5.54. The minimum Gasteiger partial charge on any atom is -0.489 e. The summed E-state index contributed by atoms with van der Waals surface area (Å²) in [5.74, 6) is 2.43. The molecule has 27 heavy (non-hydrogen) atoms. The largest absolute Gasteiger partial charge is 0.489 e. The van der Waals surface area contributed by atoms with E-state index in [2.05, 4.69) is 39.7 Å². The molecule has 0 fully saturated rings. The standard InChI is InChI=1S/C20H22ClN5O/c1-14(2)11-22-20-25-19(12-23-26-20)24-17-7-9-18(10-8-17)27-13-15-3-5-16(21)6-4-15/h3-10,12,14H,11,13H2,1-2H3,(H2,22,24,25,26). The zero-order valence-electron chi connectivity index (χ0n) is 15.3. The SMILES string of the molecule is CC(C)CNc1nncc(Nc2ccc(OCc3ccc(Cl)cc3)cc2)n1. The molecule has 0 atom stereocenters. The number of benzene rings is 2. The zero-order valence-corrected chi connectivity index (χ0v) is 16.1. The van der Waals surface area contributed by atoms with Gasteiger partial charge in [0.2, 0.25) is 5.95 Å². The Morgan fingerprint density at radius 2 is 1.78 bits per heavy atom. The Balaban J connectivity index is 1.55. The van der Waals surface area contributed by atoms with Gasteiger partial charge in [0.1, 0.15) is 12.4 Å². The summed E-state index contributed by atoms with van der Waals surface area (Å²) >= 11 is 5.89. The van der Waals surface area contributed by atoms with Gasteiger partial charge in [0.15, 0.2) is 5.82 Å². The fraction of sp³-hybridized carbons (Fsp3) is 0.250. The van der Waals surface area contributed by atoms with Crippen molar-refractivity contribution in [2.75, 3.05) is 17.2 Å². The van der Waals surface area contributed by atoms with E-state index in [0.717, 1.165) is 28.6 Å². The molecule has 0 radical (unpaired) electrons. The summed E-state index contributed by atoms with van der Waals surface area (Å²) in [6.07, 6.45) is 1.59. The van der Waals surface area contributed by atoms with Gasteiger partial charge in [-0.15, -0.1) is 5.10 Å². The first-order valence-electron chi connectivity index (χ1n) is 8.76. The zero-order chi connectivity index (χ0) is 19.1. The molecule has 2 aromatic carbocycles. The van der Waals surface area contributed by atoms with Gasteiger partial charge < -0.3 is 15.4 Å². The normalized spacial score (nSPS) is 10.7. The van der Waals surface area contributed by atoms with E-state index in [9.17, 15) is 0 Å². The predicted octanol–water partition coefficient (Wildman–Crippen LogP) is 4.92. The number of nitrogens with zero attached hydrogens (tertiary/aromatic N) is 3. The molecule has 0 amide bonds. The van der Waals surface area contributed by atoms with Gasteiger partial charge in [-0.05, 0) is 47.9 Å². The van der Waals surface area contributed by atoms with E-state index in [1.54, 1.807) is 6.20 Å². The Bertz CT molecular complexity index is 853. The Morgan fingerprint density at radius 3 is 2.48 bits per heavy atom. The smallest absolute Gasteiger partial charge is 0.244 e. The van der Waals surface area contributed by atoms with E-state index in [4.69, 9.17) is 16.3 Å². The lowest BCUT2D eigenvalue weighted by Gasteiger charge is -2.10. The second kappa shape index (κ2) is 9.19. The lowest BCUT2D eigenvalue weighted by molar-refractivity contribution is 0.306. The highest BCUT2D eigenvalue weighted by molar-refractivity contribution is 6.30. The van der Waals surface area contributed by atoms with E-state index < -0.39 is 0 Å². The maximum absolute atomic E-state index is 5.89. The quantitative estimate of drug-likeness (QED) is 0.575. The molecule has 0 bridgehead atoms. The molecule has 140 valence electrons. The molecular weight excluding hydrogens is 362 g/mol. The molecule has 0 aliphatic heterocycles. The van der Waals surface area contributed by atoms with Crippen LogP contribution in [-0.2, 0) is 6.61 Å². The fourth-order valence-electron chi connectivity index (χ4n) is 2.26. The van der Waals surface area contributed by atoms with E-state index in [1.165, 1.54) is 0 Å². The molecule has 7 heteroatoms. The number of hydrogen-bond acceptors (Lipinski definition) is 6. The van der Waals surface area contributed by atoms with E-state index in [1.807, 2.05) is 48.5 Å². The first-order chi connectivity index (χ1) is 13.1. The molecule has 2 N–H and O–H groups in total. The molecule has 1 aromatic heterocycles. The van der Waals surface area contributed by atoms with Crippen LogP contribution in [0, 0.1) is 5.92 Å². The van der Waals surface area contributed by atoms with Crippen LogP contribution in [0.4, 0.5) is 17.5 Å². The van der Waals surface area contributed by atoms with Crippen molar-refractivity contribution >= 4 is 29.1 Å². The summed E-state index contributed by atoms with van der Waals surface area (Å²) in [7, 11) is 0. The van der Waals surface area contributed by atoms with Gasteiger partial charge in [0.25, 0.3) is 0 Å². The first-order valence-corrected chi connectivity index (χ1v) is 9.14. The Labute approximate surface area is 164 Å². The number of nitrogens with one attached hydrogen (secondary N) is 2. The minimum absolute atomic E-state index is 0.491. The predicted molar refractivity (Wildman–Crippen MR) is 109 cm³/mol. The van der Waals surface area contributed by atoms with Gasteiger partial charge in [0.05, 0.1) is 6.20 Å². The lowest BCUT2D eigenvalue weighted by atomic mass is 10.2. The molecule has 6 nitrogen and oxygen atoms in total. The third kappa shape index (κ3) is 6.11. The first kappa shape index (κ1) is 18.9. The van der Waals surface area contributed by atoms with Crippen molar-refractivity contribution < 1.29 is 4.74 Å². The van der Waals surface area contributed by atoms with Crippen molar-refractivity contribution in [3.63, 3.8) is 0 Å². The lowest BCUT2D eigenvalue weighted by Crippen LogP contribution is -2.11. The van der Waals surface area contributed by atoms with Crippen LogP contribution in [0.5, 0.6) is 5.75 Å². The summed E-state index contributed by atoms with van der Waals surface area (Å²) < 4.78 is 5.79. The maximum Gasteiger partial charge on any atom is 0.244 e. The average Bonchev–Trinajstić information content (AvgIpc) is 2.67. The Hall–Kier alpha value is -2.86. The van der Waals surface area contributed by atoms with Crippen LogP contribution in [0.3, 0.4) is 0 Å². The third-order valence-corrected chi connectivity index (χ3v) is 3.92. The van der Waals surface area contributed by atoms with Crippen LogP contribution in [0.25, 0.3) is 0 Å². The number of rotatable bonds is 8. The monoisotopic (exact) mass is 383 g/mol. The molecule has 0 saturated heterocycles. The maximum atomic E-state index is 5.89. The molecule has 1 heterocycles. The number of hydrogen-bond donors (Lipinski definition) is 2.